The first-order valence-electron chi connectivity index (χ1n) is 7.27. The molecule has 0 radical (unpaired) electrons. The maximum atomic E-state index is 14.5. The highest BCUT2D eigenvalue weighted by Gasteiger charge is 2.47. The van der Waals surface area contributed by atoms with Crippen LogP contribution in [0.2, 0.25) is 0 Å². The van der Waals surface area contributed by atoms with E-state index in [4.69, 9.17) is 5.11 Å². The Labute approximate surface area is 127 Å². The number of carbonyl (C=O) groups is 1. The third-order valence-electron chi connectivity index (χ3n) is 4.47. The minimum absolute atomic E-state index is 0.0199. The van der Waals surface area contributed by atoms with Gasteiger partial charge in [-0.15, -0.1) is 0 Å². The number of nitrogens with one attached hydrogen (secondary N) is 1. The van der Waals surface area contributed by atoms with Crippen LogP contribution >= 0.6 is 0 Å². The highest BCUT2D eigenvalue weighted by atomic mass is 32.2. The topological polar surface area (TPSA) is 83.5 Å². The summed E-state index contributed by atoms with van der Waals surface area (Å²) in [5.74, 6) is -5.34. The molecule has 2 fully saturated rings. The standard InChI is InChI=1S/C13H20F3NO4S/c14-12(3-1-10(2-4-12)11(18)19)8-17-22(20,21)7-9-5-13(15,16)6-9/h9-10,17H,1-8H2,(H,18,19). The van der Waals surface area contributed by atoms with Gasteiger partial charge in [0.05, 0.1) is 11.7 Å². The zero-order valence-corrected chi connectivity index (χ0v) is 12.8. The molecule has 0 unspecified atom stereocenters. The van der Waals surface area contributed by atoms with E-state index in [0.717, 1.165) is 0 Å². The van der Waals surface area contributed by atoms with Crippen LogP contribution in [-0.4, -0.2) is 43.4 Å². The van der Waals surface area contributed by atoms with Gasteiger partial charge >= 0.3 is 5.97 Å². The highest BCUT2D eigenvalue weighted by Crippen LogP contribution is 2.43. The minimum atomic E-state index is -3.80. The Morgan fingerprint density at radius 2 is 1.73 bits per heavy atom. The Bertz CT molecular complexity index is 521. The Hall–Kier alpha value is -0.830. The van der Waals surface area contributed by atoms with E-state index in [1.807, 2.05) is 0 Å². The Morgan fingerprint density at radius 1 is 1.18 bits per heavy atom. The molecule has 0 aliphatic heterocycles. The first kappa shape index (κ1) is 17.5. The molecule has 2 rings (SSSR count). The Balaban J connectivity index is 1.78. The van der Waals surface area contributed by atoms with E-state index in [1.165, 1.54) is 0 Å². The summed E-state index contributed by atoms with van der Waals surface area (Å²) in [6.07, 6.45) is -0.600. The van der Waals surface area contributed by atoms with Crippen molar-refractivity contribution < 1.29 is 31.5 Å². The number of hydrogen-bond donors (Lipinski definition) is 2. The summed E-state index contributed by atoms with van der Waals surface area (Å²) in [5.41, 5.74) is -1.76. The molecule has 5 nitrogen and oxygen atoms in total. The normalized spacial score (nSPS) is 32.4. The van der Waals surface area contributed by atoms with E-state index in [1.54, 1.807) is 0 Å². The van der Waals surface area contributed by atoms with Gasteiger partial charge in [-0.3, -0.25) is 4.79 Å². The average molecular weight is 343 g/mol. The lowest BCUT2D eigenvalue weighted by Gasteiger charge is -2.35. The molecule has 0 aromatic heterocycles. The second kappa shape index (κ2) is 5.99. The predicted molar refractivity (Wildman–Crippen MR) is 72.9 cm³/mol. The second-order valence-corrected chi connectivity index (χ2v) is 8.35. The second-order valence-electron chi connectivity index (χ2n) is 6.50. The van der Waals surface area contributed by atoms with Crippen molar-refractivity contribution in [1.82, 2.24) is 4.72 Å². The summed E-state index contributed by atoms with van der Waals surface area (Å²) in [6, 6.07) is 0. The molecule has 22 heavy (non-hydrogen) atoms. The highest BCUT2D eigenvalue weighted by molar-refractivity contribution is 7.89. The summed E-state index contributed by atoms with van der Waals surface area (Å²) in [5, 5.41) is 8.85. The summed E-state index contributed by atoms with van der Waals surface area (Å²) in [4.78, 5) is 10.8. The molecular formula is C13H20F3NO4S. The van der Waals surface area contributed by atoms with Gasteiger partial charge in [-0.2, -0.15) is 0 Å². The van der Waals surface area contributed by atoms with Gasteiger partial charge in [0.2, 0.25) is 15.9 Å². The number of hydrogen-bond acceptors (Lipinski definition) is 3. The summed E-state index contributed by atoms with van der Waals surface area (Å²) < 4.78 is 65.5. The quantitative estimate of drug-likeness (QED) is 0.772. The average Bonchev–Trinajstić information content (AvgIpc) is 2.35. The van der Waals surface area contributed by atoms with Crippen LogP contribution in [0, 0.1) is 11.8 Å². The molecule has 0 heterocycles. The third-order valence-corrected chi connectivity index (χ3v) is 5.96. The van der Waals surface area contributed by atoms with Crippen molar-refractivity contribution in [3.8, 4) is 0 Å². The van der Waals surface area contributed by atoms with E-state index in [2.05, 4.69) is 4.72 Å². The van der Waals surface area contributed by atoms with Crippen molar-refractivity contribution in [1.29, 1.82) is 0 Å². The smallest absolute Gasteiger partial charge is 0.306 e. The Kier molecular flexibility index (Phi) is 4.77. The fourth-order valence-electron chi connectivity index (χ4n) is 3.07. The lowest BCUT2D eigenvalue weighted by molar-refractivity contribution is -0.143. The molecule has 2 aliphatic carbocycles. The molecular weight excluding hydrogens is 323 g/mol. The maximum absolute atomic E-state index is 14.5. The van der Waals surface area contributed by atoms with Gasteiger partial charge in [-0.25, -0.2) is 26.3 Å². The summed E-state index contributed by atoms with van der Waals surface area (Å²) in [7, 11) is -3.80. The first-order valence-corrected chi connectivity index (χ1v) is 8.92. The number of alkyl halides is 3. The number of halogens is 3. The van der Waals surface area contributed by atoms with Crippen molar-refractivity contribution in [2.75, 3.05) is 12.3 Å². The van der Waals surface area contributed by atoms with Gasteiger partial charge in [0.25, 0.3) is 0 Å². The van der Waals surface area contributed by atoms with Gasteiger partial charge < -0.3 is 5.11 Å². The van der Waals surface area contributed by atoms with Crippen LogP contribution < -0.4 is 4.72 Å². The molecule has 2 saturated carbocycles. The zero-order valence-electron chi connectivity index (χ0n) is 12.0. The van der Waals surface area contributed by atoms with E-state index >= 15 is 0 Å². The fraction of sp³-hybridized carbons (Fsp3) is 0.923. The molecule has 0 atom stereocenters. The molecule has 9 heteroatoms. The van der Waals surface area contributed by atoms with Crippen LogP contribution in [0.5, 0.6) is 0 Å². The van der Waals surface area contributed by atoms with Crippen LogP contribution in [0.1, 0.15) is 38.5 Å². The van der Waals surface area contributed by atoms with Gasteiger partial charge in [0.15, 0.2) is 0 Å². The number of carboxylic acid groups (broad SMARTS) is 1. The molecule has 0 bridgehead atoms. The monoisotopic (exact) mass is 343 g/mol. The van der Waals surface area contributed by atoms with Crippen LogP contribution in [0.25, 0.3) is 0 Å². The van der Waals surface area contributed by atoms with Gasteiger partial charge in [-0.05, 0) is 31.6 Å². The van der Waals surface area contributed by atoms with Crippen molar-refractivity contribution in [2.24, 2.45) is 11.8 Å². The van der Waals surface area contributed by atoms with Crippen LogP contribution in [0.3, 0.4) is 0 Å². The molecule has 0 aromatic rings. The lowest BCUT2D eigenvalue weighted by Crippen LogP contribution is -2.46. The molecule has 0 saturated heterocycles. The summed E-state index contributed by atoms with van der Waals surface area (Å²) >= 11 is 0. The van der Waals surface area contributed by atoms with Crippen LogP contribution in [0.15, 0.2) is 0 Å². The predicted octanol–water partition coefficient (Wildman–Crippen LogP) is 1.93. The van der Waals surface area contributed by atoms with Gasteiger partial charge in [0.1, 0.15) is 5.67 Å². The van der Waals surface area contributed by atoms with Crippen LogP contribution in [-0.2, 0) is 14.8 Å². The van der Waals surface area contributed by atoms with Crippen molar-refractivity contribution in [2.45, 2.75) is 50.1 Å². The third kappa shape index (κ3) is 4.58. The number of carboxylic acids is 1. The van der Waals surface area contributed by atoms with E-state index in [-0.39, 0.29) is 25.7 Å². The first-order chi connectivity index (χ1) is 10.0. The molecule has 128 valence electrons. The molecule has 0 amide bonds. The fourth-order valence-corrected chi connectivity index (χ4v) is 4.52. The zero-order chi connectivity index (χ0) is 16.6. The largest absolute Gasteiger partial charge is 0.481 e. The molecule has 0 spiro atoms. The molecule has 2 N–H and O–H groups in total. The number of rotatable bonds is 6. The van der Waals surface area contributed by atoms with Gasteiger partial charge in [0, 0.05) is 19.4 Å². The Morgan fingerprint density at radius 3 is 2.18 bits per heavy atom. The van der Waals surface area contributed by atoms with Crippen molar-refractivity contribution >= 4 is 16.0 Å². The minimum Gasteiger partial charge on any atom is -0.481 e. The molecule has 0 aromatic carbocycles. The van der Waals surface area contributed by atoms with Crippen molar-refractivity contribution in [3.05, 3.63) is 0 Å². The number of sulfonamides is 1. The lowest BCUT2D eigenvalue weighted by atomic mass is 9.80. The van der Waals surface area contributed by atoms with Gasteiger partial charge in [-0.1, -0.05) is 0 Å². The van der Waals surface area contributed by atoms with Crippen molar-refractivity contribution in [3.63, 3.8) is 0 Å². The summed E-state index contributed by atoms with van der Waals surface area (Å²) in [6.45, 7) is -0.426. The molecule has 2 aliphatic rings. The van der Waals surface area contributed by atoms with Crippen LogP contribution in [0.4, 0.5) is 13.2 Å². The number of aliphatic carboxylic acids is 1. The SMILES string of the molecule is O=C(O)C1CCC(F)(CNS(=O)(=O)CC2CC(F)(F)C2)CC1. The van der Waals surface area contributed by atoms with E-state index in [0.29, 0.717) is 0 Å². The van der Waals surface area contributed by atoms with E-state index < -0.39 is 64.6 Å². The van der Waals surface area contributed by atoms with E-state index in [9.17, 15) is 26.4 Å². The maximum Gasteiger partial charge on any atom is 0.306 e.